The van der Waals surface area contributed by atoms with Crippen molar-refractivity contribution in [3.8, 4) is 0 Å². The van der Waals surface area contributed by atoms with Gasteiger partial charge < -0.3 is 14.4 Å². The Labute approximate surface area is 182 Å². The van der Waals surface area contributed by atoms with E-state index in [9.17, 15) is 19.7 Å². The number of carbonyl (C=O) groups excluding carboxylic acids is 2. The molecule has 0 amide bonds. The average molecular weight is 431 g/mol. The SMILES string of the molecule is CC(C)CN(CC(C)C)c1ccc(C=C2C(=O)OC3(CCCC3)OC2=O)cc1[N+](=O)[O-]. The number of nitrogens with zero attached hydrogens (tertiary/aromatic N) is 2. The van der Waals surface area contributed by atoms with E-state index in [4.69, 9.17) is 9.47 Å². The zero-order valence-electron chi connectivity index (χ0n) is 18.6. The van der Waals surface area contributed by atoms with Crippen LogP contribution < -0.4 is 4.90 Å². The maximum absolute atomic E-state index is 12.5. The molecule has 0 unspecified atom stereocenters. The molecule has 3 rings (SSSR count). The highest BCUT2D eigenvalue weighted by atomic mass is 16.7. The summed E-state index contributed by atoms with van der Waals surface area (Å²) < 4.78 is 10.8. The summed E-state index contributed by atoms with van der Waals surface area (Å²) in [6, 6.07) is 4.73. The summed E-state index contributed by atoms with van der Waals surface area (Å²) in [5, 5.41) is 11.8. The topological polar surface area (TPSA) is 99.0 Å². The van der Waals surface area contributed by atoms with Gasteiger partial charge in [0.2, 0.25) is 0 Å². The minimum atomic E-state index is -1.14. The third-order valence-electron chi connectivity index (χ3n) is 5.38. The predicted molar refractivity (Wildman–Crippen MR) is 116 cm³/mol. The second-order valence-corrected chi connectivity index (χ2v) is 9.15. The Morgan fingerprint density at radius 2 is 1.61 bits per heavy atom. The lowest BCUT2D eigenvalue weighted by Gasteiger charge is -2.32. The highest BCUT2D eigenvalue weighted by molar-refractivity contribution is 6.19. The number of rotatable bonds is 7. The first kappa shape index (κ1) is 22.8. The minimum absolute atomic E-state index is 0.0690. The summed E-state index contributed by atoms with van der Waals surface area (Å²) >= 11 is 0. The zero-order chi connectivity index (χ0) is 22.8. The van der Waals surface area contributed by atoms with Gasteiger partial charge in [-0.1, -0.05) is 33.8 Å². The van der Waals surface area contributed by atoms with Gasteiger partial charge in [-0.05, 0) is 42.4 Å². The smallest absolute Gasteiger partial charge is 0.348 e. The Morgan fingerprint density at radius 1 is 1.06 bits per heavy atom. The van der Waals surface area contributed by atoms with Crippen LogP contribution in [-0.4, -0.2) is 35.7 Å². The molecule has 2 aliphatic rings. The molecule has 1 aromatic rings. The van der Waals surface area contributed by atoms with Crippen LogP contribution in [0.4, 0.5) is 11.4 Å². The van der Waals surface area contributed by atoms with Gasteiger partial charge in [-0.25, -0.2) is 9.59 Å². The molecule has 0 aromatic heterocycles. The van der Waals surface area contributed by atoms with Crippen LogP contribution in [0.1, 0.15) is 58.9 Å². The zero-order valence-corrected chi connectivity index (χ0v) is 18.6. The van der Waals surface area contributed by atoms with Crippen LogP contribution in [0.5, 0.6) is 0 Å². The van der Waals surface area contributed by atoms with Crippen molar-refractivity contribution in [2.45, 2.75) is 59.2 Å². The molecule has 0 bridgehead atoms. The second kappa shape index (κ2) is 9.08. The quantitative estimate of drug-likeness (QED) is 0.207. The van der Waals surface area contributed by atoms with Gasteiger partial charge in [-0.15, -0.1) is 0 Å². The third kappa shape index (κ3) is 5.24. The molecule has 1 aliphatic heterocycles. The van der Waals surface area contributed by atoms with Gasteiger partial charge in [0.25, 0.3) is 11.5 Å². The van der Waals surface area contributed by atoms with Crippen molar-refractivity contribution >= 4 is 29.4 Å². The van der Waals surface area contributed by atoms with Crippen LogP contribution >= 0.6 is 0 Å². The Morgan fingerprint density at radius 3 is 2.10 bits per heavy atom. The minimum Gasteiger partial charge on any atom is -0.419 e. The molecule has 0 N–H and O–H groups in total. The Balaban J connectivity index is 1.92. The van der Waals surface area contributed by atoms with Gasteiger partial charge in [-0.2, -0.15) is 0 Å². The molecule has 1 saturated carbocycles. The number of nitro benzene ring substituents is 1. The fourth-order valence-corrected chi connectivity index (χ4v) is 4.15. The van der Waals surface area contributed by atoms with Crippen molar-refractivity contribution in [2.75, 3.05) is 18.0 Å². The molecule has 1 aliphatic carbocycles. The van der Waals surface area contributed by atoms with Gasteiger partial charge in [0.15, 0.2) is 0 Å². The lowest BCUT2D eigenvalue weighted by atomic mass is 10.1. The van der Waals surface area contributed by atoms with Crippen molar-refractivity contribution < 1.29 is 24.0 Å². The van der Waals surface area contributed by atoms with Gasteiger partial charge in [-0.3, -0.25) is 10.1 Å². The number of hydrogen-bond acceptors (Lipinski definition) is 7. The largest absolute Gasteiger partial charge is 0.419 e. The molecule has 1 spiro atoms. The molecule has 2 fully saturated rings. The van der Waals surface area contributed by atoms with Crippen LogP contribution in [0.15, 0.2) is 23.8 Å². The number of carbonyl (C=O) groups is 2. The molecule has 0 radical (unpaired) electrons. The highest BCUT2D eigenvalue weighted by Crippen LogP contribution is 2.39. The monoisotopic (exact) mass is 430 g/mol. The van der Waals surface area contributed by atoms with Crippen molar-refractivity contribution in [3.05, 3.63) is 39.4 Å². The fourth-order valence-electron chi connectivity index (χ4n) is 4.15. The van der Waals surface area contributed by atoms with E-state index < -0.39 is 22.6 Å². The predicted octanol–water partition coefficient (Wildman–Crippen LogP) is 4.47. The first-order valence-corrected chi connectivity index (χ1v) is 10.8. The second-order valence-electron chi connectivity index (χ2n) is 9.15. The van der Waals surface area contributed by atoms with Crippen LogP contribution in [-0.2, 0) is 19.1 Å². The summed E-state index contributed by atoms with van der Waals surface area (Å²) in [5.74, 6) is -1.97. The molecule has 1 aromatic carbocycles. The summed E-state index contributed by atoms with van der Waals surface area (Å²) in [6.45, 7) is 9.62. The molecule has 31 heavy (non-hydrogen) atoms. The highest BCUT2D eigenvalue weighted by Gasteiger charge is 2.47. The van der Waals surface area contributed by atoms with Crippen LogP contribution in [0.3, 0.4) is 0 Å². The summed E-state index contributed by atoms with van der Waals surface area (Å²) in [7, 11) is 0. The first-order valence-electron chi connectivity index (χ1n) is 10.8. The number of nitro groups is 1. The molecular weight excluding hydrogens is 400 g/mol. The third-order valence-corrected chi connectivity index (χ3v) is 5.38. The number of esters is 2. The number of hydrogen-bond donors (Lipinski definition) is 0. The van der Waals surface area contributed by atoms with Crippen molar-refractivity contribution in [1.82, 2.24) is 0 Å². The summed E-state index contributed by atoms with van der Waals surface area (Å²) in [5.41, 5.74) is 0.574. The molecule has 8 nitrogen and oxygen atoms in total. The number of benzene rings is 1. The van der Waals surface area contributed by atoms with E-state index in [2.05, 4.69) is 27.7 Å². The van der Waals surface area contributed by atoms with Crippen molar-refractivity contribution in [1.29, 1.82) is 0 Å². The fraction of sp³-hybridized carbons (Fsp3) is 0.565. The maximum atomic E-state index is 12.5. The van der Waals surface area contributed by atoms with E-state index in [0.29, 0.717) is 49.0 Å². The van der Waals surface area contributed by atoms with E-state index >= 15 is 0 Å². The molecular formula is C23H30N2O6. The van der Waals surface area contributed by atoms with E-state index in [0.717, 1.165) is 12.8 Å². The molecule has 1 saturated heterocycles. The van der Waals surface area contributed by atoms with Crippen LogP contribution in [0.25, 0.3) is 6.08 Å². The first-order chi connectivity index (χ1) is 14.6. The van der Waals surface area contributed by atoms with Gasteiger partial charge in [0, 0.05) is 32.0 Å². The van der Waals surface area contributed by atoms with E-state index in [1.165, 1.54) is 12.1 Å². The van der Waals surface area contributed by atoms with Gasteiger partial charge >= 0.3 is 11.9 Å². The number of ether oxygens (including phenoxy) is 2. The van der Waals surface area contributed by atoms with Gasteiger partial charge in [0.05, 0.1) is 4.92 Å². The normalized spacial score (nSPS) is 17.8. The molecule has 1 heterocycles. The Bertz CT molecular complexity index is 867. The van der Waals surface area contributed by atoms with E-state index in [1.807, 2.05) is 4.90 Å². The Hall–Kier alpha value is -2.90. The van der Waals surface area contributed by atoms with Gasteiger partial charge in [0.1, 0.15) is 11.3 Å². The summed E-state index contributed by atoms with van der Waals surface area (Å²) in [4.78, 5) is 38.3. The van der Waals surface area contributed by atoms with E-state index in [-0.39, 0.29) is 11.3 Å². The Kier molecular flexibility index (Phi) is 6.67. The maximum Gasteiger partial charge on any atom is 0.348 e. The average Bonchev–Trinajstić information content (AvgIpc) is 3.10. The number of anilines is 1. The van der Waals surface area contributed by atoms with Crippen molar-refractivity contribution in [3.63, 3.8) is 0 Å². The van der Waals surface area contributed by atoms with Crippen LogP contribution in [0, 0.1) is 22.0 Å². The molecule has 0 atom stereocenters. The molecule has 8 heteroatoms. The standard InChI is InChI=1S/C23H30N2O6/c1-15(2)13-24(14-16(3)4)19-8-7-17(12-20(19)25(28)29)11-18-21(26)30-23(31-22(18)27)9-5-6-10-23/h7-8,11-12,15-16H,5-6,9-10,13-14H2,1-4H3. The lowest BCUT2D eigenvalue weighted by Crippen LogP contribution is -2.44. The van der Waals surface area contributed by atoms with E-state index in [1.54, 1.807) is 12.1 Å². The summed E-state index contributed by atoms with van der Waals surface area (Å²) in [6.07, 6.45) is 3.96. The van der Waals surface area contributed by atoms with Crippen molar-refractivity contribution in [2.24, 2.45) is 11.8 Å². The van der Waals surface area contributed by atoms with Crippen LogP contribution in [0.2, 0.25) is 0 Å². The molecule has 168 valence electrons. The lowest BCUT2D eigenvalue weighted by molar-refractivity contribution is -0.384.